The zero-order chi connectivity index (χ0) is 14.4. The van der Waals surface area contributed by atoms with Crippen molar-refractivity contribution >= 4 is 22.6 Å². The van der Waals surface area contributed by atoms with Crippen LogP contribution in [0.5, 0.6) is 0 Å². The van der Waals surface area contributed by atoms with E-state index >= 15 is 0 Å². The molecule has 1 heterocycles. The van der Waals surface area contributed by atoms with Gasteiger partial charge in [0.25, 0.3) is 0 Å². The number of fused-ring (bicyclic) bond motifs is 2. The lowest BCUT2D eigenvalue weighted by atomic mass is 9.69. The second kappa shape index (κ2) is 5.23. The highest BCUT2D eigenvalue weighted by atomic mass is 127. The predicted molar refractivity (Wildman–Crippen MR) is 85.7 cm³/mol. The quantitative estimate of drug-likeness (QED) is 0.638. The van der Waals surface area contributed by atoms with Crippen LogP contribution in [0.15, 0.2) is 30.3 Å². The molecule has 20 heavy (non-hydrogen) atoms. The number of aliphatic hydroxyl groups excluding tert-OH is 1. The number of hydrogen-bond donors (Lipinski definition) is 1. The molecule has 1 saturated heterocycles. The molecule has 1 unspecified atom stereocenters. The molecule has 110 valence electrons. The van der Waals surface area contributed by atoms with Crippen molar-refractivity contribution in [2.45, 2.75) is 55.2 Å². The van der Waals surface area contributed by atoms with Gasteiger partial charge in [0.15, 0.2) is 6.29 Å². The lowest BCUT2D eigenvalue weighted by Crippen LogP contribution is -2.52. The molecule has 1 aromatic carbocycles. The Labute approximate surface area is 133 Å². The van der Waals surface area contributed by atoms with E-state index in [1.165, 1.54) is 5.56 Å². The summed E-state index contributed by atoms with van der Waals surface area (Å²) in [6, 6.07) is 10.2. The minimum Gasteiger partial charge on any atom is -0.373 e. The summed E-state index contributed by atoms with van der Waals surface area (Å²) in [5.74, 6) is 0. The average molecular weight is 388 g/mol. The van der Waals surface area contributed by atoms with Crippen molar-refractivity contribution in [2.75, 3.05) is 0 Å². The van der Waals surface area contributed by atoms with Crippen LogP contribution in [0.3, 0.4) is 0 Å². The number of hydrogen-bond acceptors (Lipinski definition) is 3. The van der Waals surface area contributed by atoms with Gasteiger partial charge in [-0.15, -0.1) is 0 Å². The van der Waals surface area contributed by atoms with Crippen molar-refractivity contribution < 1.29 is 14.6 Å². The maximum atomic E-state index is 10.4. The van der Waals surface area contributed by atoms with Crippen molar-refractivity contribution in [3.63, 3.8) is 0 Å². The maximum absolute atomic E-state index is 10.4. The molecule has 0 aromatic heterocycles. The molecule has 4 heteroatoms. The van der Waals surface area contributed by atoms with Crippen molar-refractivity contribution in [2.24, 2.45) is 5.41 Å². The van der Waals surface area contributed by atoms with Gasteiger partial charge in [-0.2, -0.15) is 0 Å². The van der Waals surface area contributed by atoms with Gasteiger partial charge in [-0.3, -0.25) is 0 Å². The second-order valence-electron chi connectivity index (χ2n) is 6.34. The first-order valence-corrected chi connectivity index (χ1v) is 8.37. The molecule has 3 rings (SSSR count). The summed E-state index contributed by atoms with van der Waals surface area (Å²) in [6.45, 7) is 4.79. The third-order valence-electron chi connectivity index (χ3n) is 4.89. The number of ether oxygens (including phenoxy) is 2. The van der Waals surface area contributed by atoms with Gasteiger partial charge in [0.05, 0.1) is 27.7 Å². The molecule has 1 aliphatic carbocycles. The smallest absolute Gasteiger partial charge is 0.164 e. The standard InChI is InChI=1S/C16H21IO3/c1-15-9-8-12(16(2,13(15)17)14(18)20-15)19-10-11-6-4-3-5-7-11/h3-7,12-14,18H,8-10H2,1-2H3/t12-,13-,14?,15-,16+/m0/s1. The number of aliphatic hydroxyl groups is 1. The third-order valence-corrected chi connectivity index (χ3v) is 7.55. The number of rotatable bonds is 3. The molecule has 2 bridgehead atoms. The largest absolute Gasteiger partial charge is 0.373 e. The summed E-state index contributed by atoms with van der Waals surface area (Å²) in [6.07, 6.45) is 1.18. The minimum atomic E-state index is -0.738. The van der Waals surface area contributed by atoms with Crippen LogP contribution >= 0.6 is 22.6 Å². The normalized spacial score (nSPS) is 43.7. The fourth-order valence-corrected chi connectivity index (χ4v) is 4.66. The molecule has 3 nitrogen and oxygen atoms in total. The van der Waals surface area contributed by atoms with E-state index in [-0.39, 0.29) is 21.0 Å². The molecule has 0 radical (unpaired) electrons. The molecular weight excluding hydrogens is 367 g/mol. The molecule has 1 aromatic rings. The van der Waals surface area contributed by atoms with Crippen molar-refractivity contribution in [3.05, 3.63) is 35.9 Å². The van der Waals surface area contributed by atoms with Gasteiger partial charge in [0.1, 0.15) is 0 Å². The lowest BCUT2D eigenvalue weighted by Gasteiger charge is -2.44. The van der Waals surface area contributed by atoms with Crippen molar-refractivity contribution in [3.8, 4) is 0 Å². The molecule has 2 fully saturated rings. The van der Waals surface area contributed by atoms with E-state index < -0.39 is 6.29 Å². The Morgan fingerprint density at radius 1 is 1.35 bits per heavy atom. The number of halogens is 1. The molecule has 0 spiro atoms. The van der Waals surface area contributed by atoms with Crippen molar-refractivity contribution in [1.82, 2.24) is 0 Å². The van der Waals surface area contributed by atoms with Crippen LogP contribution in [0.1, 0.15) is 32.3 Å². The zero-order valence-corrected chi connectivity index (χ0v) is 14.0. The number of alkyl halides is 1. The molecule has 1 aliphatic heterocycles. The molecular formula is C16H21IO3. The van der Waals surface area contributed by atoms with E-state index in [4.69, 9.17) is 9.47 Å². The first-order valence-electron chi connectivity index (χ1n) is 7.12. The van der Waals surface area contributed by atoms with Gasteiger partial charge >= 0.3 is 0 Å². The van der Waals surface area contributed by atoms with E-state index in [2.05, 4.69) is 48.6 Å². The number of benzene rings is 1. The Balaban J connectivity index is 1.74. The Kier molecular flexibility index (Phi) is 3.86. The van der Waals surface area contributed by atoms with Crippen LogP contribution in [0.4, 0.5) is 0 Å². The minimum absolute atomic E-state index is 0.0372. The molecule has 0 amide bonds. The highest BCUT2D eigenvalue weighted by Crippen LogP contribution is 2.57. The van der Waals surface area contributed by atoms with E-state index in [9.17, 15) is 5.11 Å². The second-order valence-corrected chi connectivity index (χ2v) is 7.58. The Morgan fingerprint density at radius 2 is 2.05 bits per heavy atom. The van der Waals surface area contributed by atoms with Gasteiger partial charge in [-0.05, 0) is 25.3 Å². The van der Waals surface area contributed by atoms with Crippen LogP contribution in [0, 0.1) is 5.41 Å². The molecule has 2 aliphatic rings. The van der Waals surface area contributed by atoms with E-state index in [0.29, 0.717) is 6.61 Å². The van der Waals surface area contributed by atoms with Crippen LogP contribution in [-0.2, 0) is 16.1 Å². The van der Waals surface area contributed by atoms with Gasteiger partial charge in [-0.25, -0.2) is 0 Å². The summed E-state index contributed by atoms with van der Waals surface area (Å²) in [4.78, 5) is 0. The summed E-state index contributed by atoms with van der Waals surface area (Å²) in [7, 11) is 0. The van der Waals surface area contributed by atoms with Gasteiger partial charge < -0.3 is 14.6 Å². The average Bonchev–Trinajstić information content (AvgIpc) is 2.56. The van der Waals surface area contributed by atoms with Gasteiger partial charge in [0.2, 0.25) is 0 Å². The van der Waals surface area contributed by atoms with Gasteiger partial charge in [-0.1, -0.05) is 59.8 Å². The Hall–Kier alpha value is -0.170. The zero-order valence-electron chi connectivity index (χ0n) is 11.9. The third kappa shape index (κ3) is 2.21. The Bertz CT molecular complexity index is 480. The lowest BCUT2D eigenvalue weighted by molar-refractivity contribution is -0.169. The summed E-state index contributed by atoms with van der Waals surface area (Å²) in [5.41, 5.74) is 0.617. The fourth-order valence-electron chi connectivity index (χ4n) is 3.50. The highest BCUT2D eigenvalue weighted by molar-refractivity contribution is 14.1. The van der Waals surface area contributed by atoms with Crippen molar-refractivity contribution in [1.29, 1.82) is 0 Å². The first-order chi connectivity index (χ1) is 9.47. The SMILES string of the molecule is C[C@@]12C(O)O[C@@](C)(CC[C@@H]1OCc1ccccc1)[C@@H]2I. The van der Waals surface area contributed by atoms with Gasteiger partial charge in [0, 0.05) is 0 Å². The summed E-state index contributed by atoms with van der Waals surface area (Å²) in [5, 5.41) is 10.4. The monoisotopic (exact) mass is 388 g/mol. The first kappa shape index (κ1) is 14.8. The summed E-state index contributed by atoms with van der Waals surface area (Å²) >= 11 is 2.42. The van der Waals surface area contributed by atoms with Crippen LogP contribution in [0.25, 0.3) is 0 Å². The van der Waals surface area contributed by atoms with E-state index in [1.54, 1.807) is 0 Å². The van der Waals surface area contributed by atoms with Crippen LogP contribution < -0.4 is 0 Å². The molecule has 1 saturated carbocycles. The maximum Gasteiger partial charge on any atom is 0.164 e. The Morgan fingerprint density at radius 3 is 2.75 bits per heavy atom. The van der Waals surface area contributed by atoms with Crippen LogP contribution in [-0.4, -0.2) is 27.0 Å². The van der Waals surface area contributed by atoms with Crippen LogP contribution in [0.2, 0.25) is 0 Å². The predicted octanol–water partition coefficient (Wildman–Crippen LogP) is 3.28. The fraction of sp³-hybridized carbons (Fsp3) is 0.625. The molecule has 1 N–H and O–H groups in total. The topological polar surface area (TPSA) is 38.7 Å². The highest BCUT2D eigenvalue weighted by Gasteiger charge is 2.64. The van der Waals surface area contributed by atoms with E-state index in [1.807, 2.05) is 18.2 Å². The van der Waals surface area contributed by atoms with E-state index in [0.717, 1.165) is 12.8 Å². The summed E-state index contributed by atoms with van der Waals surface area (Å²) < 4.78 is 12.2. The molecule has 5 atom stereocenters.